The van der Waals surface area contributed by atoms with Crippen molar-refractivity contribution in [1.29, 1.82) is 5.26 Å². The van der Waals surface area contributed by atoms with Gasteiger partial charge in [-0.15, -0.1) is 0 Å². The van der Waals surface area contributed by atoms with Crippen LogP contribution in [0.1, 0.15) is 45.0 Å². The molecule has 0 aromatic carbocycles. The fourth-order valence-electron chi connectivity index (χ4n) is 1.44. The van der Waals surface area contributed by atoms with E-state index in [0.29, 0.717) is 5.69 Å². The van der Waals surface area contributed by atoms with Crippen LogP contribution < -0.4 is 0 Å². The third-order valence-electron chi connectivity index (χ3n) is 2.70. The van der Waals surface area contributed by atoms with Crippen molar-refractivity contribution in [3.63, 3.8) is 0 Å². The summed E-state index contributed by atoms with van der Waals surface area (Å²) in [6.45, 7) is 7.42. The minimum Gasteiger partial charge on any atom is -0.465 e. The molecule has 0 aliphatic heterocycles. The highest BCUT2D eigenvalue weighted by Crippen LogP contribution is 2.24. The fourth-order valence-corrected chi connectivity index (χ4v) is 1.44. The number of carbonyl (C=O) groups excluding carboxylic acids is 1. The predicted molar refractivity (Wildman–Crippen MR) is 65.7 cm³/mol. The van der Waals surface area contributed by atoms with E-state index in [1.54, 1.807) is 13.0 Å². The quantitative estimate of drug-likeness (QED) is 0.760. The van der Waals surface area contributed by atoms with Crippen molar-refractivity contribution in [3.05, 3.63) is 23.8 Å². The first-order valence-electron chi connectivity index (χ1n) is 5.86. The Kier molecular flexibility index (Phi) is 4.38. The third-order valence-corrected chi connectivity index (χ3v) is 2.70. The average Bonchev–Trinajstić information content (AvgIpc) is 2.38. The van der Waals surface area contributed by atoms with Crippen LogP contribution in [0, 0.1) is 11.3 Å². The lowest BCUT2D eigenvalue weighted by Gasteiger charge is -2.19. The summed E-state index contributed by atoms with van der Waals surface area (Å²) in [4.78, 5) is 20.0. The lowest BCUT2D eigenvalue weighted by molar-refractivity contribution is -0.147. The van der Waals surface area contributed by atoms with Crippen molar-refractivity contribution < 1.29 is 9.53 Å². The molecule has 1 rings (SSSR count). The Morgan fingerprint density at radius 2 is 2.22 bits per heavy atom. The van der Waals surface area contributed by atoms with E-state index in [4.69, 9.17) is 4.74 Å². The van der Waals surface area contributed by atoms with Crippen LogP contribution in [0.4, 0.5) is 0 Å². The number of nitriles is 1. The molecule has 0 bridgehead atoms. The highest BCUT2D eigenvalue weighted by Gasteiger charge is 2.39. The summed E-state index contributed by atoms with van der Waals surface area (Å²) in [7, 11) is 0. The van der Waals surface area contributed by atoms with Gasteiger partial charge < -0.3 is 4.74 Å². The normalized spacial score (nSPS) is 13.8. The number of hydrogen-bond donors (Lipinski definition) is 0. The molecule has 1 unspecified atom stereocenters. The molecule has 1 aromatic rings. The van der Waals surface area contributed by atoms with Crippen LogP contribution in [0.25, 0.3) is 0 Å². The van der Waals surface area contributed by atoms with Gasteiger partial charge in [-0.1, -0.05) is 13.8 Å². The highest BCUT2D eigenvalue weighted by molar-refractivity contribution is 5.85. The molecule has 1 aromatic heterocycles. The van der Waals surface area contributed by atoms with Crippen molar-refractivity contribution in [1.82, 2.24) is 9.97 Å². The monoisotopic (exact) mass is 247 g/mol. The smallest absolute Gasteiger partial charge is 0.332 e. The maximum atomic E-state index is 11.9. The second kappa shape index (κ2) is 5.58. The Morgan fingerprint density at radius 3 is 2.72 bits per heavy atom. The van der Waals surface area contributed by atoms with Gasteiger partial charge in [0.15, 0.2) is 5.41 Å². The van der Waals surface area contributed by atoms with Gasteiger partial charge >= 0.3 is 5.97 Å². The van der Waals surface area contributed by atoms with Gasteiger partial charge in [-0.2, -0.15) is 5.26 Å². The molecule has 0 fully saturated rings. The Bertz CT molecular complexity index is 479. The maximum absolute atomic E-state index is 11.9. The third kappa shape index (κ3) is 2.65. The molecule has 0 aliphatic carbocycles. The SMILES string of the molecule is CCOC(=O)C(C)(C#N)c1cc(C(C)C)ncn1. The van der Waals surface area contributed by atoms with Crippen LogP contribution in [0.15, 0.2) is 12.4 Å². The van der Waals surface area contributed by atoms with Gasteiger partial charge in [0.05, 0.1) is 18.4 Å². The Balaban J connectivity index is 3.21. The van der Waals surface area contributed by atoms with Crippen LogP contribution in [-0.4, -0.2) is 22.5 Å². The lowest BCUT2D eigenvalue weighted by atomic mass is 9.87. The molecule has 0 radical (unpaired) electrons. The molecule has 0 spiro atoms. The van der Waals surface area contributed by atoms with E-state index < -0.39 is 11.4 Å². The van der Waals surface area contributed by atoms with Gasteiger partial charge in [0.25, 0.3) is 0 Å². The van der Waals surface area contributed by atoms with E-state index in [1.165, 1.54) is 13.3 Å². The second-order valence-electron chi connectivity index (χ2n) is 4.44. The van der Waals surface area contributed by atoms with E-state index in [1.807, 2.05) is 19.9 Å². The van der Waals surface area contributed by atoms with Crippen LogP contribution in [0.5, 0.6) is 0 Å². The lowest BCUT2D eigenvalue weighted by Crippen LogP contribution is -2.34. The van der Waals surface area contributed by atoms with Gasteiger partial charge in [-0.3, -0.25) is 0 Å². The molecular weight excluding hydrogens is 230 g/mol. The zero-order chi connectivity index (χ0) is 13.8. The number of carbonyl (C=O) groups is 1. The van der Waals surface area contributed by atoms with Gasteiger partial charge in [0.1, 0.15) is 6.33 Å². The first-order chi connectivity index (χ1) is 8.45. The number of esters is 1. The number of rotatable bonds is 4. The van der Waals surface area contributed by atoms with E-state index in [0.717, 1.165) is 5.69 Å². The van der Waals surface area contributed by atoms with Gasteiger partial charge in [0.2, 0.25) is 0 Å². The van der Waals surface area contributed by atoms with Crippen LogP contribution in [-0.2, 0) is 14.9 Å². The summed E-state index contributed by atoms with van der Waals surface area (Å²) in [6.07, 6.45) is 1.37. The van der Waals surface area contributed by atoms with Crippen molar-refractivity contribution >= 4 is 5.97 Å². The molecule has 18 heavy (non-hydrogen) atoms. The van der Waals surface area contributed by atoms with Crippen LogP contribution in [0.2, 0.25) is 0 Å². The fraction of sp³-hybridized carbons (Fsp3) is 0.538. The van der Waals surface area contributed by atoms with Gasteiger partial charge in [-0.25, -0.2) is 14.8 Å². The molecular formula is C13H17N3O2. The first kappa shape index (κ1) is 14.1. The molecule has 0 amide bonds. The van der Waals surface area contributed by atoms with Crippen molar-refractivity contribution in [2.24, 2.45) is 0 Å². The zero-order valence-electron chi connectivity index (χ0n) is 11.1. The number of ether oxygens (including phenoxy) is 1. The Morgan fingerprint density at radius 1 is 1.56 bits per heavy atom. The van der Waals surface area contributed by atoms with E-state index in [9.17, 15) is 10.1 Å². The van der Waals surface area contributed by atoms with E-state index in [-0.39, 0.29) is 12.5 Å². The molecule has 1 atom stereocenters. The summed E-state index contributed by atoms with van der Waals surface area (Å²) < 4.78 is 4.93. The van der Waals surface area contributed by atoms with E-state index >= 15 is 0 Å². The predicted octanol–water partition coefficient (Wildman–Crippen LogP) is 1.94. The van der Waals surface area contributed by atoms with Gasteiger partial charge in [-0.05, 0) is 25.8 Å². The molecule has 0 aliphatic rings. The summed E-state index contributed by atoms with van der Waals surface area (Å²) in [5.74, 6) is -0.377. The van der Waals surface area contributed by atoms with Crippen LogP contribution in [0.3, 0.4) is 0 Å². The average molecular weight is 247 g/mol. The topological polar surface area (TPSA) is 75.9 Å². The minimum atomic E-state index is -1.39. The number of hydrogen-bond acceptors (Lipinski definition) is 5. The highest BCUT2D eigenvalue weighted by atomic mass is 16.5. The largest absolute Gasteiger partial charge is 0.465 e. The van der Waals surface area contributed by atoms with Crippen molar-refractivity contribution in [2.75, 3.05) is 6.61 Å². The van der Waals surface area contributed by atoms with E-state index in [2.05, 4.69) is 9.97 Å². The minimum absolute atomic E-state index is 0.205. The van der Waals surface area contributed by atoms with Crippen molar-refractivity contribution in [2.45, 2.75) is 39.0 Å². The standard InChI is InChI=1S/C13H17N3O2/c1-5-18-12(17)13(4,7-14)11-6-10(9(2)3)15-8-16-11/h6,8-9H,5H2,1-4H3. The summed E-state index contributed by atoms with van der Waals surface area (Å²) >= 11 is 0. The number of nitrogens with zero attached hydrogens (tertiary/aromatic N) is 3. The molecule has 5 nitrogen and oxygen atoms in total. The van der Waals surface area contributed by atoms with Crippen molar-refractivity contribution in [3.8, 4) is 6.07 Å². The Hall–Kier alpha value is -1.96. The van der Waals surface area contributed by atoms with Gasteiger partial charge in [0, 0.05) is 5.69 Å². The number of aromatic nitrogens is 2. The zero-order valence-corrected chi connectivity index (χ0v) is 11.1. The van der Waals surface area contributed by atoms with Crippen LogP contribution >= 0.6 is 0 Å². The molecule has 5 heteroatoms. The molecule has 0 N–H and O–H groups in total. The Labute approximate surface area is 107 Å². The maximum Gasteiger partial charge on any atom is 0.332 e. The second-order valence-corrected chi connectivity index (χ2v) is 4.44. The molecule has 0 saturated carbocycles. The summed E-state index contributed by atoms with van der Waals surface area (Å²) in [6, 6.07) is 3.67. The summed E-state index contributed by atoms with van der Waals surface area (Å²) in [5, 5.41) is 9.25. The molecule has 0 saturated heterocycles. The molecule has 1 heterocycles. The summed E-state index contributed by atoms with van der Waals surface area (Å²) in [5.41, 5.74) is -0.212. The molecule has 96 valence electrons. The first-order valence-corrected chi connectivity index (χ1v) is 5.86.